The van der Waals surface area contributed by atoms with Crippen molar-refractivity contribution < 1.29 is 36.3 Å². The molecule has 2 aromatic carbocycles. The lowest BCUT2D eigenvalue weighted by Gasteiger charge is -2.27. The standard InChI is InChI=1S/C33H46N2O8S2/c1-23-9-7-8-12-28(23)30-17-25(13-14-29(30)32(36)34-31(33(37)38)15-16-44(2,39)40)19-35-20-27(45(3,41)42)18-26(35)22-43-21-24-10-5-4-6-11-24/h7-9,12-14,17,24,26-27,31H,4-6,10-11,15-16,18-22H2,1-3H3,(H,34,36)(H,37,38)/t26-,27-,31-/m0/s1. The maximum absolute atomic E-state index is 13.5. The molecule has 0 radical (unpaired) electrons. The minimum absolute atomic E-state index is 0.0654. The van der Waals surface area contributed by atoms with Crippen molar-refractivity contribution in [3.63, 3.8) is 0 Å². The molecule has 2 fully saturated rings. The van der Waals surface area contributed by atoms with E-state index >= 15 is 0 Å². The highest BCUT2D eigenvalue weighted by molar-refractivity contribution is 7.91. The van der Waals surface area contributed by atoms with Crippen LogP contribution in [0, 0.1) is 12.8 Å². The van der Waals surface area contributed by atoms with Gasteiger partial charge >= 0.3 is 5.97 Å². The number of aryl methyl sites for hydroxylation is 1. The summed E-state index contributed by atoms with van der Waals surface area (Å²) in [4.78, 5) is 27.5. The monoisotopic (exact) mass is 662 g/mol. The molecule has 1 heterocycles. The van der Waals surface area contributed by atoms with Crippen molar-refractivity contribution in [2.24, 2.45) is 5.92 Å². The lowest BCUT2D eigenvalue weighted by molar-refractivity contribution is -0.139. The minimum atomic E-state index is -3.42. The Labute approximate surface area is 267 Å². The Morgan fingerprint density at radius 3 is 2.36 bits per heavy atom. The number of hydrogen-bond acceptors (Lipinski definition) is 8. The molecule has 3 atom stereocenters. The topological polar surface area (TPSA) is 147 Å². The van der Waals surface area contributed by atoms with Gasteiger partial charge in [0.25, 0.3) is 5.91 Å². The molecule has 2 N–H and O–H groups in total. The van der Waals surface area contributed by atoms with Gasteiger partial charge in [-0.1, -0.05) is 49.6 Å². The number of ether oxygens (including phenoxy) is 1. The number of likely N-dealkylation sites (tertiary alicyclic amines) is 1. The molecule has 1 aliphatic carbocycles. The maximum atomic E-state index is 13.5. The quantitative estimate of drug-likeness (QED) is 0.308. The number of nitrogens with zero attached hydrogens (tertiary/aromatic N) is 1. The fourth-order valence-corrected chi connectivity index (χ4v) is 8.08. The molecule has 248 valence electrons. The summed E-state index contributed by atoms with van der Waals surface area (Å²) in [5.74, 6) is -1.74. The highest BCUT2D eigenvalue weighted by Crippen LogP contribution is 2.31. The van der Waals surface area contributed by atoms with Gasteiger partial charge in [-0.25, -0.2) is 21.6 Å². The van der Waals surface area contributed by atoms with Gasteiger partial charge in [-0.3, -0.25) is 9.69 Å². The van der Waals surface area contributed by atoms with Crippen molar-refractivity contribution in [2.75, 3.05) is 38.0 Å². The van der Waals surface area contributed by atoms with Crippen LogP contribution >= 0.6 is 0 Å². The average Bonchev–Trinajstić information content (AvgIpc) is 3.38. The summed E-state index contributed by atoms with van der Waals surface area (Å²) in [6, 6.07) is 11.5. The number of amides is 1. The second-order valence-corrected chi connectivity index (χ2v) is 17.4. The minimum Gasteiger partial charge on any atom is -0.480 e. The molecule has 0 bridgehead atoms. The van der Waals surface area contributed by atoms with Gasteiger partial charge in [0.2, 0.25) is 0 Å². The van der Waals surface area contributed by atoms with E-state index in [2.05, 4.69) is 10.2 Å². The highest BCUT2D eigenvalue weighted by atomic mass is 32.2. The number of rotatable bonds is 14. The Kier molecular flexibility index (Phi) is 11.8. The molecule has 1 saturated heterocycles. The smallest absolute Gasteiger partial charge is 0.326 e. The Morgan fingerprint density at radius 1 is 1.00 bits per heavy atom. The zero-order valence-electron chi connectivity index (χ0n) is 26.4. The predicted octanol–water partition coefficient (Wildman–Crippen LogP) is 3.86. The third kappa shape index (κ3) is 10.1. The van der Waals surface area contributed by atoms with E-state index in [0.29, 0.717) is 44.2 Å². The Balaban J connectivity index is 1.58. The van der Waals surface area contributed by atoms with E-state index in [1.165, 1.54) is 38.4 Å². The summed E-state index contributed by atoms with van der Waals surface area (Å²) in [5.41, 5.74) is 3.47. The summed E-state index contributed by atoms with van der Waals surface area (Å²) in [6.45, 7) is 3.91. The zero-order valence-corrected chi connectivity index (χ0v) is 28.0. The van der Waals surface area contributed by atoms with Crippen LogP contribution in [0.4, 0.5) is 0 Å². The van der Waals surface area contributed by atoms with Crippen molar-refractivity contribution in [3.05, 3.63) is 59.2 Å². The fourth-order valence-electron chi connectivity index (χ4n) is 6.39. The van der Waals surface area contributed by atoms with Crippen LogP contribution in [-0.4, -0.2) is 94.1 Å². The lowest BCUT2D eigenvalue weighted by Crippen LogP contribution is -2.42. The number of hydrogen-bond donors (Lipinski definition) is 2. The molecule has 2 aliphatic rings. The summed E-state index contributed by atoms with van der Waals surface area (Å²) in [5, 5.41) is 11.7. The van der Waals surface area contributed by atoms with Gasteiger partial charge < -0.3 is 15.2 Å². The zero-order chi connectivity index (χ0) is 32.8. The summed E-state index contributed by atoms with van der Waals surface area (Å²) < 4.78 is 54.6. The van der Waals surface area contributed by atoms with Gasteiger partial charge in [0.15, 0.2) is 9.84 Å². The van der Waals surface area contributed by atoms with E-state index < -0.39 is 42.8 Å². The molecular weight excluding hydrogens is 617 g/mol. The summed E-state index contributed by atoms with van der Waals surface area (Å²) in [7, 11) is -6.67. The van der Waals surface area contributed by atoms with Crippen molar-refractivity contribution in [2.45, 2.75) is 75.7 Å². The van der Waals surface area contributed by atoms with Crippen LogP contribution in [0.3, 0.4) is 0 Å². The van der Waals surface area contributed by atoms with E-state index in [4.69, 9.17) is 4.74 Å². The van der Waals surface area contributed by atoms with Crippen molar-refractivity contribution in [3.8, 4) is 11.1 Å². The average molecular weight is 663 g/mol. The lowest BCUT2D eigenvalue weighted by atomic mass is 9.90. The van der Waals surface area contributed by atoms with Crippen LogP contribution in [0.5, 0.6) is 0 Å². The van der Waals surface area contributed by atoms with Crippen LogP contribution in [0.2, 0.25) is 0 Å². The van der Waals surface area contributed by atoms with Crippen molar-refractivity contribution in [1.82, 2.24) is 10.2 Å². The molecule has 4 rings (SSSR count). The number of carbonyl (C=O) groups excluding carboxylic acids is 1. The normalized spacial score (nSPS) is 20.6. The SMILES string of the molecule is Cc1ccccc1-c1cc(CN2C[C@@H](S(C)(=O)=O)C[C@H]2COCC2CCCCC2)ccc1C(=O)N[C@@H](CCS(C)(=O)=O)C(=O)O. The third-order valence-electron chi connectivity index (χ3n) is 9.01. The number of carboxylic acid groups (broad SMARTS) is 1. The predicted molar refractivity (Wildman–Crippen MR) is 175 cm³/mol. The van der Waals surface area contributed by atoms with Gasteiger partial charge in [0.1, 0.15) is 15.9 Å². The van der Waals surface area contributed by atoms with Gasteiger partial charge in [-0.2, -0.15) is 0 Å². The number of sulfone groups is 2. The van der Waals surface area contributed by atoms with Crippen LogP contribution in [0.1, 0.15) is 66.4 Å². The largest absolute Gasteiger partial charge is 0.480 e. The first-order valence-corrected chi connectivity index (χ1v) is 19.6. The van der Waals surface area contributed by atoms with Gasteiger partial charge in [0.05, 0.1) is 17.6 Å². The molecule has 2 aromatic rings. The molecule has 1 aliphatic heterocycles. The summed E-state index contributed by atoms with van der Waals surface area (Å²) >= 11 is 0. The first-order chi connectivity index (χ1) is 21.2. The van der Waals surface area contributed by atoms with Crippen LogP contribution in [0.25, 0.3) is 11.1 Å². The van der Waals surface area contributed by atoms with E-state index in [-0.39, 0.29) is 23.8 Å². The maximum Gasteiger partial charge on any atom is 0.326 e. The fraction of sp³-hybridized carbons (Fsp3) is 0.576. The first-order valence-electron chi connectivity index (χ1n) is 15.6. The molecule has 1 saturated carbocycles. The molecule has 12 heteroatoms. The van der Waals surface area contributed by atoms with E-state index in [9.17, 15) is 31.5 Å². The summed E-state index contributed by atoms with van der Waals surface area (Å²) in [6.07, 6.45) is 8.64. The van der Waals surface area contributed by atoms with E-state index in [0.717, 1.165) is 22.9 Å². The van der Waals surface area contributed by atoms with Crippen LogP contribution < -0.4 is 5.32 Å². The van der Waals surface area contributed by atoms with Crippen molar-refractivity contribution in [1.29, 1.82) is 0 Å². The number of aliphatic carboxylic acids is 1. The number of nitrogens with one attached hydrogen (secondary N) is 1. The Hall–Kier alpha value is -2.80. The molecule has 45 heavy (non-hydrogen) atoms. The third-order valence-corrected chi connectivity index (χ3v) is 11.5. The first kappa shape index (κ1) is 35.1. The Morgan fingerprint density at radius 2 is 1.71 bits per heavy atom. The van der Waals surface area contributed by atoms with Gasteiger partial charge in [0, 0.05) is 43.8 Å². The van der Waals surface area contributed by atoms with Gasteiger partial charge in [-0.05, 0) is 72.9 Å². The van der Waals surface area contributed by atoms with Crippen LogP contribution in [0.15, 0.2) is 42.5 Å². The second kappa shape index (κ2) is 15.2. The molecule has 0 spiro atoms. The number of carbonyl (C=O) groups is 2. The van der Waals surface area contributed by atoms with E-state index in [1.54, 1.807) is 12.1 Å². The molecule has 10 nitrogen and oxygen atoms in total. The number of carboxylic acids is 1. The molecule has 1 amide bonds. The van der Waals surface area contributed by atoms with Gasteiger partial charge in [-0.15, -0.1) is 0 Å². The molecule has 0 unspecified atom stereocenters. The Bertz CT molecular complexity index is 1570. The highest BCUT2D eigenvalue weighted by Gasteiger charge is 2.37. The van der Waals surface area contributed by atoms with Crippen LogP contribution in [-0.2, 0) is 35.8 Å². The van der Waals surface area contributed by atoms with E-state index in [1.807, 2.05) is 37.3 Å². The second-order valence-electron chi connectivity index (χ2n) is 12.8. The molecular formula is C33H46N2O8S2. The van der Waals surface area contributed by atoms with Crippen molar-refractivity contribution >= 4 is 31.6 Å². The number of benzene rings is 2. The molecule has 0 aromatic heterocycles.